The van der Waals surface area contributed by atoms with E-state index in [1.165, 1.54) is 18.5 Å². The third kappa shape index (κ3) is 10.7. The average molecular weight is 812 g/mol. The zero-order valence-electron chi connectivity index (χ0n) is 31.7. The van der Waals surface area contributed by atoms with E-state index in [1.54, 1.807) is 65.4 Å². The van der Waals surface area contributed by atoms with Crippen molar-refractivity contribution in [1.82, 2.24) is 30.1 Å². The number of nitrogens with zero attached hydrogens (tertiary/aromatic N) is 5. The van der Waals surface area contributed by atoms with Gasteiger partial charge in [-0.1, -0.05) is 43.2 Å². The number of carboxylic acid groups (broad SMARTS) is 1. The van der Waals surface area contributed by atoms with Crippen molar-refractivity contribution in [2.75, 3.05) is 30.9 Å². The number of imidazole rings is 1. The van der Waals surface area contributed by atoms with E-state index >= 15 is 0 Å². The topological polar surface area (TPSA) is 246 Å². The summed E-state index contributed by atoms with van der Waals surface area (Å²) >= 11 is 0. The molecule has 3 amide bonds. The number of carbonyl (C=O) groups is 4. The number of amides is 3. The standard InChI is InChI=1S/C40H45N9O8S/c1-48(25-36-45-31-11-5-6-12-32(31)46-36)39(53)26-14-16-30-29(20-26)24-49(40(54)33(44-30)21-37(50)51)19-9-3-2-8-18-41-38(52)28-15-17-35(42-22-28)47-43-23-27-10-4-7-13-34(27)58(55,56)57/h4-7,10-17,20,22-23,33,44,55-57H,2-3,8-9,18-19,21,24-25H2,1H3,(H,41,52)(H,42,47)(H,45,46)(H,50,51)/b43-23+/t33-/m1/s1. The Bertz CT molecular complexity index is 2260. The number of aliphatic carboxylic acids is 1. The molecule has 0 saturated carbocycles. The quantitative estimate of drug-likeness (QED) is 0.0313. The molecule has 1 aliphatic rings. The van der Waals surface area contributed by atoms with Gasteiger partial charge in [0.2, 0.25) is 5.91 Å². The van der Waals surface area contributed by atoms with Crippen molar-refractivity contribution in [3.05, 3.63) is 113 Å². The molecule has 0 saturated heterocycles. The lowest BCUT2D eigenvalue weighted by atomic mass is 10.1. The summed E-state index contributed by atoms with van der Waals surface area (Å²) in [4.78, 5) is 66.5. The number of hydrazone groups is 1. The average Bonchev–Trinajstić information content (AvgIpc) is 3.56. The summed E-state index contributed by atoms with van der Waals surface area (Å²) in [5, 5.41) is 19.5. The molecule has 18 heteroatoms. The molecule has 5 aromatic rings. The zero-order chi connectivity index (χ0) is 41.2. The van der Waals surface area contributed by atoms with Crippen LogP contribution in [0.1, 0.15) is 69.8 Å². The molecule has 304 valence electrons. The van der Waals surface area contributed by atoms with Gasteiger partial charge in [-0.25, -0.2) is 9.97 Å². The molecule has 0 aliphatic carbocycles. The van der Waals surface area contributed by atoms with Crippen LogP contribution in [0, 0.1) is 0 Å². The molecule has 2 aromatic heterocycles. The second-order valence-electron chi connectivity index (χ2n) is 13.8. The summed E-state index contributed by atoms with van der Waals surface area (Å²) in [5.41, 5.74) is 6.80. The van der Waals surface area contributed by atoms with Crippen LogP contribution in [-0.2, 0) is 22.7 Å². The third-order valence-electron chi connectivity index (χ3n) is 9.47. The minimum absolute atomic E-state index is 0.0622. The molecular weight excluding hydrogens is 767 g/mol. The van der Waals surface area contributed by atoms with E-state index in [2.05, 4.69) is 36.1 Å². The van der Waals surface area contributed by atoms with Crippen LogP contribution in [0.3, 0.4) is 0 Å². The minimum Gasteiger partial charge on any atom is -0.481 e. The molecule has 1 atom stereocenters. The maximum absolute atomic E-state index is 13.5. The van der Waals surface area contributed by atoms with Crippen LogP contribution >= 0.6 is 10.9 Å². The second kappa shape index (κ2) is 18.7. The lowest BCUT2D eigenvalue weighted by Gasteiger charge is -2.24. The number of aromatic amines is 1. The van der Waals surface area contributed by atoms with Gasteiger partial charge in [0.15, 0.2) is 0 Å². The zero-order valence-corrected chi connectivity index (χ0v) is 32.5. The number of aromatic nitrogens is 3. The molecule has 0 unspecified atom stereocenters. The van der Waals surface area contributed by atoms with Gasteiger partial charge in [0, 0.05) is 49.7 Å². The van der Waals surface area contributed by atoms with Crippen LogP contribution in [-0.4, -0.2) is 99.6 Å². The van der Waals surface area contributed by atoms with Gasteiger partial charge in [-0.2, -0.15) is 5.10 Å². The number of nitrogens with one attached hydrogen (secondary N) is 4. The first-order valence-electron chi connectivity index (χ1n) is 18.6. The molecule has 3 heterocycles. The van der Waals surface area contributed by atoms with Gasteiger partial charge in [0.25, 0.3) is 11.8 Å². The Morgan fingerprint density at radius 1 is 0.983 bits per heavy atom. The van der Waals surface area contributed by atoms with Crippen LogP contribution < -0.4 is 16.1 Å². The predicted molar refractivity (Wildman–Crippen MR) is 220 cm³/mol. The Morgan fingerprint density at radius 3 is 2.50 bits per heavy atom. The van der Waals surface area contributed by atoms with E-state index in [9.17, 15) is 37.9 Å². The Morgan fingerprint density at radius 2 is 1.74 bits per heavy atom. The summed E-state index contributed by atoms with van der Waals surface area (Å²) in [6.07, 6.45) is 5.21. The summed E-state index contributed by atoms with van der Waals surface area (Å²) in [6.45, 7) is 1.29. The molecule has 0 bridgehead atoms. The summed E-state index contributed by atoms with van der Waals surface area (Å²) < 4.78 is 28.8. The fourth-order valence-electron chi connectivity index (χ4n) is 6.54. The molecule has 0 spiro atoms. The van der Waals surface area contributed by atoms with E-state index in [0.717, 1.165) is 23.9 Å². The van der Waals surface area contributed by atoms with Gasteiger partial charge in [-0.3, -0.25) is 24.6 Å². The number of pyridine rings is 1. The lowest BCUT2D eigenvalue weighted by molar-refractivity contribution is -0.141. The summed E-state index contributed by atoms with van der Waals surface area (Å²) in [5.74, 6) is -0.953. The summed E-state index contributed by atoms with van der Waals surface area (Å²) in [6, 6.07) is 21.1. The van der Waals surface area contributed by atoms with Gasteiger partial charge in [0.1, 0.15) is 28.6 Å². The number of para-hydroxylation sites is 2. The molecule has 58 heavy (non-hydrogen) atoms. The Hall–Kier alpha value is -6.34. The smallest absolute Gasteiger partial charge is 0.305 e. The molecule has 1 aliphatic heterocycles. The number of hydrogen-bond acceptors (Lipinski definition) is 12. The number of carbonyl (C=O) groups excluding carboxylic acids is 3. The largest absolute Gasteiger partial charge is 0.481 e. The molecule has 17 nitrogen and oxygen atoms in total. The van der Waals surface area contributed by atoms with Crippen LogP contribution in [0.5, 0.6) is 0 Å². The van der Waals surface area contributed by atoms with Gasteiger partial charge in [-0.05, 0) is 66.9 Å². The highest BCUT2D eigenvalue weighted by Gasteiger charge is 2.31. The third-order valence-corrected chi connectivity index (χ3v) is 10.4. The first-order valence-corrected chi connectivity index (χ1v) is 20.1. The summed E-state index contributed by atoms with van der Waals surface area (Å²) in [7, 11) is -2.22. The van der Waals surface area contributed by atoms with E-state index < -0.39 is 29.3 Å². The second-order valence-corrected chi connectivity index (χ2v) is 15.3. The fourth-order valence-corrected chi connectivity index (χ4v) is 7.23. The fraction of sp³-hybridized carbons (Fsp3) is 0.275. The van der Waals surface area contributed by atoms with Gasteiger partial charge in [-0.15, -0.1) is 0 Å². The van der Waals surface area contributed by atoms with Crippen LogP contribution in [0.2, 0.25) is 0 Å². The van der Waals surface area contributed by atoms with Crippen molar-refractivity contribution in [3.63, 3.8) is 0 Å². The molecular formula is C40H45N9O8S. The normalized spacial score (nSPS) is 14.4. The van der Waals surface area contributed by atoms with E-state index in [0.29, 0.717) is 65.5 Å². The monoisotopic (exact) mass is 811 g/mol. The molecule has 8 N–H and O–H groups in total. The lowest BCUT2D eigenvalue weighted by Crippen LogP contribution is -2.42. The van der Waals surface area contributed by atoms with Crippen LogP contribution in [0.25, 0.3) is 11.0 Å². The number of H-pyrrole nitrogens is 1. The number of anilines is 2. The number of benzene rings is 3. The van der Waals surface area contributed by atoms with Crippen molar-refractivity contribution in [2.45, 2.75) is 56.1 Å². The van der Waals surface area contributed by atoms with E-state index in [-0.39, 0.29) is 35.7 Å². The van der Waals surface area contributed by atoms with Crippen molar-refractivity contribution >= 4 is 63.3 Å². The number of carboxylic acids is 1. The maximum Gasteiger partial charge on any atom is 0.305 e. The predicted octanol–water partition coefficient (Wildman–Crippen LogP) is 5.85. The minimum atomic E-state index is -3.92. The van der Waals surface area contributed by atoms with Gasteiger partial charge >= 0.3 is 5.97 Å². The van der Waals surface area contributed by atoms with Crippen molar-refractivity contribution in [1.29, 1.82) is 0 Å². The maximum atomic E-state index is 13.5. The number of rotatable bonds is 17. The molecule has 0 radical (unpaired) electrons. The van der Waals surface area contributed by atoms with Crippen LogP contribution in [0.4, 0.5) is 11.5 Å². The van der Waals surface area contributed by atoms with E-state index in [4.69, 9.17) is 0 Å². The van der Waals surface area contributed by atoms with Crippen molar-refractivity contribution in [2.24, 2.45) is 5.10 Å². The highest BCUT2D eigenvalue weighted by atomic mass is 32.3. The Labute approximate surface area is 335 Å². The number of fused-ring (bicyclic) bond motifs is 2. The Balaban J connectivity index is 0.963. The first kappa shape index (κ1) is 41.3. The van der Waals surface area contributed by atoms with Crippen LogP contribution in [0.15, 0.2) is 95.1 Å². The molecule has 0 fully saturated rings. The molecule has 3 aromatic carbocycles. The van der Waals surface area contributed by atoms with Crippen molar-refractivity contribution < 1.29 is 37.9 Å². The molecule has 6 rings (SSSR count). The van der Waals surface area contributed by atoms with E-state index in [1.807, 2.05) is 24.3 Å². The Kier molecular flexibility index (Phi) is 13.3. The highest BCUT2D eigenvalue weighted by Crippen LogP contribution is 2.44. The SMILES string of the molecule is CN(Cc1nc2ccccc2[nH]1)C(=O)c1ccc2c(c1)CN(CCCCCCNC(=O)c1ccc(N/N=C/c3ccccc3S(O)(O)O)nc1)C(=O)[C@@H](CC(=O)O)N2. The van der Waals surface area contributed by atoms with Gasteiger partial charge < -0.3 is 44.2 Å². The first-order chi connectivity index (χ1) is 27.9. The number of hydrogen-bond donors (Lipinski definition) is 8. The van der Waals surface area contributed by atoms with Gasteiger partial charge in [0.05, 0.1) is 40.7 Å². The van der Waals surface area contributed by atoms with Crippen molar-refractivity contribution in [3.8, 4) is 0 Å². The highest BCUT2D eigenvalue weighted by molar-refractivity contribution is 8.19. The number of unbranched alkanes of at least 4 members (excludes halogenated alkanes) is 3.